The molecule has 2 aromatic rings. The lowest BCUT2D eigenvalue weighted by molar-refractivity contribution is 0.0289. The Morgan fingerprint density at radius 3 is 1.31 bits per heavy atom. The molecule has 240 valence electrons. The molecule has 10 atom stereocenters. The molecule has 45 heavy (non-hydrogen) atoms. The van der Waals surface area contributed by atoms with Crippen molar-refractivity contribution in [1.29, 1.82) is 0 Å². The molecule has 4 bridgehead atoms. The normalized spacial score (nSPS) is 40.0. The zero-order valence-electron chi connectivity index (χ0n) is 23.2. The highest BCUT2D eigenvalue weighted by Crippen LogP contribution is 2.67. The van der Waals surface area contributed by atoms with Gasteiger partial charge in [-0.1, -0.05) is 46.4 Å². The van der Waals surface area contributed by atoms with Crippen molar-refractivity contribution in [3.8, 4) is 11.5 Å². The third-order valence-electron chi connectivity index (χ3n) is 9.40. The molecular weight excluding hydrogens is 682 g/mol. The standard InChI is InChI=1S/C30H26Cl4F4N4O3/c31-27(35)19-9-17(23(11-19)29(27,33)37)13-39-41-25(43)15-1-5-21(6-2-15)45-22-7-3-16(4-8-22)26(44)42-40-14-18-10-20-12-24(18)30(34,38)28(20,32)36/h1-8,13-14,17-20,23-24H,9-12H2,(H,41,43)(H,42,44)/b39-13-,40-14-/t17-,18-,19-,20-,23+,24+,27-,28+,29+,30+/m0/s1. The van der Waals surface area contributed by atoms with Crippen LogP contribution in [0.25, 0.3) is 0 Å². The molecule has 0 aromatic heterocycles. The molecule has 4 fully saturated rings. The first-order valence-corrected chi connectivity index (χ1v) is 15.7. The van der Waals surface area contributed by atoms with Gasteiger partial charge < -0.3 is 4.74 Å². The van der Waals surface area contributed by atoms with Crippen molar-refractivity contribution in [2.45, 2.75) is 46.2 Å². The van der Waals surface area contributed by atoms with Gasteiger partial charge in [0.2, 0.25) is 20.5 Å². The second-order valence-electron chi connectivity index (χ2n) is 12.0. The molecule has 6 rings (SSSR count). The molecule has 0 saturated heterocycles. The summed E-state index contributed by atoms with van der Waals surface area (Å²) in [5.74, 6) is -4.24. The highest BCUT2D eigenvalue weighted by Gasteiger charge is 2.72. The number of hydrogen-bond donors (Lipinski definition) is 2. The molecule has 2 N–H and O–H groups in total. The molecule has 0 aliphatic heterocycles. The summed E-state index contributed by atoms with van der Waals surface area (Å²) in [5.41, 5.74) is 5.30. The second-order valence-corrected chi connectivity index (χ2v) is 14.2. The van der Waals surface area contributed by atoms with E-state index in [0.29, 0.717) is 11.5 Å². The smallest absolute Gasteiger partial charge is 0.271 e. The van der Waals surface area contributed by atoms with Crippen LogP contribution in [-0.4, -0.2) is 44.8 Å². The van der Waals surface area contributed by atoms with E-state index in [9.17, 15) is 27.2 Å². The molecule has 4 aliphatic carbocycles. The van der Waals surface area contributed by atoms with E-state index >= 15 is 0 Å². The first kappa shape index (κ1) is 32.3. The number of fused-ring (bicyclic) bond motifs is 4. The molecule has 0 unspecified atom stereocenters. The minimum atomic E-state index is -2.69. The summed E-state index contributed by atoms with van der Waals surface area (Å²) in [4.78, 5) is 25.0. The molecule has 15 heteroatoms. The summed E-state index contributed by atoms with van der Waals surface area (Å²) in [6, 6.07) is 12.3. The van der Waals surface area contributed by atoms with E-state index in [-0.39, 0.29) is 36.8 Å². The molecular formula is C30H26Cl4F4N4O3. The monoisotopic (exact) mass is 706 g/mol. The van der Waals surface area contributed by atoms with Gasteiger partial charge in [-0.2, -0.15) is 10.2 Å². The van der Waals surface area contributed by atoms with Crippen molar-refractivity contribution < 1.29 is 31.9 Å². The number of carbonyl (C=O) groups excluding carboxylic acids is 2. The topological polar surface area (TPSA) is 92.1 Å². The number of nitrogens with one attached hydrogen (secondary N) is 2. The number of nitrogens with zero attached hydrogens (tertiary/aromatic N) is 2. The Labute approximate surface area is 275 Å². The van der Waals surface area contributed by atoms with Crippen LogP contribution in [0, 0.1) is 35.5 Å². The number of hydrazone groups is 2. The Balaban J connectivity index is 0.967. The molecule has 2 aromatic carbocycles. The van der Waals surface area contributed by atoms with Crippen LogP contribution in [-0.2, 0) is 0 Å². The summed E-state index contributed by atoms with van der Waals surface area (Å²) in [6.07, 6.45) is 3.71. The molecule has 0 heterocycles. The van der Waals surface area contributed by atoms with Crippen LogP contribution in [0.3, 0.4) is 0 Å². The van der Waals surface area contributed by atoms with Gasteiger partial charge in [-0.25, -0.2) is 28.4 Å². The van der Waals surface area contributed by atoms with Gasteiger partial charge in [-0.05, 0) is 74.2 Å². The van der Waals surface area contributed by atoms with Gasteiger partial charge in [-0.15, -0.1) is 0 Å². The molecule has 7 nitrogen and oxygen atoms in total. The predicted molar refractivity (Wildman–Crippen MR) is 163 cm³/mol. The predicted octanol–water partition coefficient (Wildman–Crippen LogP) is 7.84. The third kappa shape index (κ3) is 5.57. The lowest BCUT2D eigenvalue weighted by atomic mass is 9.86. The van der Waals surface area contributed by atoms with Gasteiger partial charge in [0.1, 0.15) is 11.5 Å². The van der Waals surface area contributed by atoms with Crippen molar-refractivity contribution >= 4 is 70.6 Å². The van der Waals surface area contributed by atoms with Crippen LogP contribution in [0.15, 0.2) is 58.7 Å². The number of alkyl halides is 8. The first-order chi connectivity index (χ1) is 21.1. The maximum atomic E-state index is 14.6. The number of halogens is 8. The van der Waals surface area contributed by atoms with Gasteiger partial charge in [0.15, 0.2) is 0 Å². The third-order valence-corrected chi connectivity index (χ3v) is 11.9. The Morgan fingerprint density at radius 1 is 0.644 bits per heavy atom. The minimum absolute atomic E-state index is 0.204. The van der Waals surface area contributed by atoms with Crippen molar-refractivity contribution in [2.75, 3.05) is 0 Å². The second kappa shape index (κ2) is 11.6. The maximum absolute atomic E-state index is 14.6. The Bertz CT molecular complexity index is 1430. The summed E-state index contributed by atoms with van der Waals surface area (Å²) >= 11 is 22.9. The number of carbonyl (C=O) groups is 2. The lowest BCUT2D eigenvalue weighted by Gasteiger charge is -2.36. The van der Waals surface area contributed by atoms with E-state index < -0.39 is 67.8 Å². The summed E-state index contributed by atoms with van der Waals surface area (Å²) in [6.45, 7) is 0. The van der Waals surface area contributed by atoms with Crippen LogP contribution in [0.4, 0.5) is 17.6 Å². The van der Waals surface area contributed by atoms with Gasteiger partial charge in [0.25, 0.3) is 11.8 Å². The van der Waals surface area contributed by atoms with Crippen LogP contribution < -0.4 is 15.6 Å². The number of rotatable bonds is 8. The molecule has 2 amide bonds. The van der Waals surface area contributed by atoms with Crippen LogP contribution in [0.2, 0.25) is 0 Å². The zero-order valence-corrected chi connectivity index (χ0v) is 26.2. The van der Waals surface area contributed by atoms with E-state index in [0.717, 1.165) is 0 Å². The number of hydrogen-bond acceptors (Lipinski definition) is 5. The van der Waals surface area contributed by atoms with Crippen LogP contribution >= 0.6 is 46.4 Å². The molecule has 0 spiro atoms. The van der Waals surface area contributed by atoms with Crippen molar-refractivity contribution in [2.24, 2.45) is 45.7 Å². The molecule has 0 radical (unpaired) electrons. The van der Waals surface area contributed by atoms with Crippen molar-refractivity contribution in [3.05, 3.63) is 59.7 Å². The Morgan fingerprint density at radius 2 is 1.00 bits per heavy atom. The average molecular weight is 708 g/mol. The molecule has 4 aliphatic rings. The zero-order chi connectivity index (χ0) is 32.4. The fraction of sp³-hybridized carbons (Fsp3) is 0.467. The maximum Gasteiger partial charge on any atom is 0.271 e. The highest BCUT2D eigenvalue weighted by molar-refractivity contribution is 6.34. The van der Waals surface area contributed by atoms with E-state index in [1.54, 1.807) is 24.3 Å². The Hall–Kier alpha value is -2.60. The fourth-order valence-electron chi connectivity index (χ4n) is 6.93. The van der Waals surface area contributed by atoms with E-state index in [1.165, 1.54) is 36.7 Å². The number of amides is 2. The highest BCUT2D eigenvalue weighted by atomic mass is 35.5. The van der Waals surface area contributed by atoms with E-state index in [2.05, 4.69) is 21.1 Å². The first-order valence-electron chi connectivity index (χ1n) is 14.2. The Kier molecular flexibility index (Phi) is 8.32. The van der Waals surface area contributed by atoms with Gasteiger partial charge in [-0.3, -0.25) is 9.59 Å². The summed E-state index contributed by atoms with van der Waals surface area (Å²) in [7, 11) is 0. The SMILES string of the molecule is O=C(N/N=C\[C@@H]1C[C@H]2C[C@H]1[C@](F)(Cl)[C@@]2(F)Cl)c1ccc(Oc2ccc(C(=O)N/N=C\[C@@H]3C[C@H]4C[C@H]3[C@](F)(Cl)[C@]4(F)Cl)cc2)cc1. The minimum Gasteiger partial charge on any atom is -0.457 e. The molecule has 4 saturated carbocycles. The quantitative estimate of drug-likeness (QED) is 0.127. The van der Waals surface area contributed by atoms with Gasteiger partial charge >= 0.3 is 0 Å². The summed E-state index contributed by atoms with van der Waals surface area (Å²) in [5, 5.41) is -2.81. The summed E-state index contributed by atoms with van der Waals surface area (Å²) < 4.78 is 63.8. The lowest BCUT2D eigenvalue weighted by Crippen LogP contribution is -2.47. The number of ether oxygens (including phenoxy) is 1. The van der Waals surface area contributed by atoms with Crippen molar-refractivity contribution in [3.63, 3.8) is 0 Å². The van der Waals surface area contributed by atoms with Crippen molar-refractivity contribution in [1.82, 2.24) is 10.9 Å². The largest absolute Gasteiger partial charge is 0.457 e. The van der Waals surface area contributed by atoms with Gasteiger partial charge in [0, 0.05) is 59.1 Å². The van der Waals surface area contributed by atoms with E-state index in [1.807, 2.05) is 0 Å². The van der Waals surface area contributed by atoms with Gasteiger partial charge in [0.05, 0.1) is 0 Å². The van der Waals surface area contributed by atoms with E-state index in [4.69, 9.17) is 51.1 Å². The van der Waals surface area contributed by atoms with Crippen LogP contribution in [0.5, 0.6) is 11.5 Å². The van der Waals surface area contributed by atoms with Crippen LogP contribution in [0.1, 0.15) is 46.4 Å². The number of benzene rings is 2. The fourth-order valence-corrected chi connectivity index (χ4v) is 8.38. The average Bonchev–Trinajstić information content (AvgIpc) is 3.70.